The first-order chi connectivity index (χ1) is 12.2. The second-order valence-corrected chi connectivity index (χ2v) is 7.94. The highest BCUT2D eigenvalue weighted by molar-refractivity contribution is 7.92. The van der Waals surface area contributed by atoms with E-state index in [9.17, 15) is 13.2 Å². The van der Waals surface area contributed by atoms with Crippen LogP contribution >= 0.6 is 0 Å². The van der Waals surface area contributed by atoms with Gasteiger partial charge in [-0.1, -0.05) is 36.4 Å². The van der Waals surface area contributed by atoms with Crippen LogP contribution in [-0.4, -0.2) is 33.7 Å². The van der Waals surface area contributed by atoms with Crippen molar-refractivity contribution in [3.05, 3.63) is 60.2 Å². The second-order valence-electron chi connectivity index (χ2n) is 6.08. The molecule has 1 N–H and O–H groups in total. The number of ether oxygens (including phenoxy) is 1. The lowest BCUT2D eigenvalue weighted by Gasteiger charge is -2.29. The van der Waals surface area contributed by atoms with Crippen molar-refractivity contribution >= 4 is 21.6 Å². The zero-order chi connectivity index (χ0) is 19.3. The van der Waals surface area contributed by atoms with Crippen LogP contribution in [0.5, 0.6) is 5.75 Å². The fourth-order valence-corrected chi connectivity index (χ4v) is 3.88. The van der Waals surface area contributed by atoms with Gasteiger partial charge in [0.2, 0.25) is 15.9 Å². The third kappa shape index (κ3) is 4.76. The predicted molar refractivity (Wildman–Crippen MR) is 103 cm³/mol. The van der Waals surface area contributed by atoms with Gasteiger partial charge in [-0.3, -0.25) is 9.10 Å². The lowest BCUT2D eigenvalue weighted by Crippen LogP contribution is -2.48. The molecule has 140 valence electrons. The first-order valence-corrected chi connectivity index (χ1v) is 10.1. The maximum absolute atomic E-state index is 12.7. The Kier molecular flexibility index (Phi) is 6.26. The van der Waals surface area contributed by atoms with Gasteiger partial charge >= 0.3 is 0 Å². The minimum absolute atomic E-state index is 0.238. The molecule has 0 radical (unpaired) electrons. The average molecular weight is 376 g/mol. The molecule has 0 heterocycles. The first kappa shape index (κ1) is 19.8. The number of anilines is 1. The quantitative estimate of drug-likeness (QED) is 0.806. The molecule has 1 amide bonds. The van der Waals surface area contributed by atoms with E-state index in [1.165, 1.54) is 7.11 Å². The lowest BCUT2D eigenvalue weighted by atomic mass is 10.1. The summed E-state index contributed by atoms with van der Waals surface area (Å²) < 4.78 is 30.9. The number of nitrogens with one attached hydrogen (secondary N) is 1. The molecule has 0 fully saturated rings. The summed E-state index contributed by atoms with van der Waals surface area (Å²) >= 11 is 0. The van der Waals surface area contributed by atoms with Crippen molar-refractivity contribution in [3.8, 4) is 5.75 Å². The van der Waals surface area contributed by atoms with Crippen LogP contribution in [0.4, 0.5) is 5.69 Å². The number of sulfonamides is 1. The molecule has 0 aliphatic heterocycles. The van der Waals surface area contributed by atoms with Gasteiger partial charge in [0.25, 0.3) is 0 Å². The average Bonchev–Trinajstić information content (AvgIpc) is 2.61. The number of nitrogens with zero attached hydrogens (tertiary/aromatic N) is 1. The summed E-state index contributed by atoms with van der Waals surface area (Å²) in [4.78, 5) is 12.7. The number of rotatable bonds is 7. The van der Waals surface area contributed by atoms with Gasteiger partial charge < -0.3 is 10.1 Å². The Morgan fingerprint density at radius 2 is 1.73 bits per heavy atom. The number of hydrogen-bond acceptors (Lipinski definition) is 4. The highest BCUT2D eigenvalue weighted by Crippen LogP contribution is 2.25. The molecule has 0 spiro atoms. The zero-order valence-corrected chi connectivity index (χ0v) is 16.2. The summed E-state index contributed by atoms with van der Waals surface area (Å²) in [5, 5.41) is 2.87. The van der Waals surface area contributed by atoms with Crippen LogP contribution in [0.2, 0.25) is 0 Å². The van der Waals surface area contributed by atoms with Crippen LogP contribution in [-0.2, 0) is 14.8 Å². The molecule has 0 aromatic heterocycles. The molecule has 2 aromatic rings. The number of methoxy groups -OCH3 is 1. The van der Waals surface area contributed by atoms with Crippen molar-refractivity contribution in [2.75, 3.05) is 17.7 Å². The molecule has 2 rings (SSSR count). The van der Waals surface area contributed by atoms with Gasteiger partial charge in [0, 0.05) is 6.07 Å². The number of hydrogen-bond donors (Lipinski definition) is 1. The van der Waals surface area contributed by atoms with Crippen LogP contribution in [0, 0.1) is 0 Å². The lowest BCUT2D eigenvalue weighted by molar-refractivity contribution is -0.122. The van der Waals surface area contributed by atoms with Gasteiger partial charge in [-0.15, -0.1) is 0 Å². The van der Waals surface area contributed by atoms with Crippen LogP contribution in [0.3, 0.4) is 0 Å². The molecule has 2 aromatic carbocycles. The third-order valence-corrected chi connectivity index (χ3v) is 5.30. The van der Waals surface area contributed by atoms with Crippen molar-refractivity contribution < 1.29 is 17.9 Å². The van der Waals surface area contributed by atoms with Crippen molar-refractivity contribution in [3.63, 3.8) is 0 Å². The van der Waals surface area contributed by atoms with Crippen LogP contribution in [0.25, 0.3) is 0 Å². The predicted octanol–water partition coefficient (Wildman–Crippen LogP) is 2.73. The van der Waals surface area contributed by atoms with E-state index in [0.29, 0.717) is 11.4 Å². The minimum atomic E-state index is -3.67. The zero-order valence-electron chi connectivity index (χ0n) is 15.3. The number of carbonyl (C=O) groups is 1. The Balaban J connectivity index is 2.26. The summed E-state index contributed by atoms with van der Waals surface area (Å²) in [7, 11) is -2.17. The Labute approximate surface area is 154 Å². The van der Waals surface area contributed by atoms with E-state index in [1.807, 2.05) is 37.3 Å². The van der Waals surface area contributed by atoms with Crippen molar-refractivity contribution in [2.45, 2.75) is 25.9 Å². The number of benzene rings is 2. The maximum Gasteiger partial charge on any atom is 0.244 e. The van der Waals surface area contributed by atoms with E-state index in [2.05, 4.69) is 5.32 Å². The molecule has 0 bridgehead atoms. The summed E-state index contributed by atoms with van der Waals surface area (Å²) in [6, 6.07) is 15.0. The molecule has 0 aliphatic carbocycles. The summed E-state index contributed by atoms with van der Waals surface area (Å²) in [6.07, 6.45) is 1.08. The fourth-order valence-electron chi connectivity index (χ4n) is 2.72. The van der Waals surface area contributed by atoms with E-state index >= 15 is 0 Å². The minimum Gasteiger partial charge on any atom is -0.497 e. The van der Waals surface area contributed by atoms with Crippen molar-refractivity contribution in [1.82, 2.24) is 5.32 Å². The van der Waals surface area contributed by atoms with Crippen molar-refractivity contribution in [1.29, 1.82) is 0 Å². The van der Waals surface area contributed by atoms with E-state index < -0.39 is 16.1 Å². The van der Waals surface area contributed by atoms with Gasteiger partial charge in [-0.2, -0.15) is 0 Å². The van der Waals surface area contributed by atoms with Crippen LogP contribution in [0.1, 0.15) is 25.5 Å². The van der Waals surface area contributed by atoms with Crippen LogP contribution in [0.15, 0.2) is 54.6 Å². The molecule has 7 heteroatoms. The Hall–Kier alpha value is -2.54. The molecular formula is C19H24N2O4S. The fraction of sp³-hybridized carbons (Fsp3) is 0.316. The van der Waals surface area contributed by atoms with Gasteiger partial charge in [-0.05, 0) is 31.5 Å². The molecule has 0 unspecified atom stereocenters. The van der Waals surface area contributed by atoms with E-state index in [1.54, 1.807) is 31.2 Å². The third-order valence-electron chi connectivity index (χ3n) is 4.05. The standard InChI is InChI=1S/C19H24N2O4S/c1-14(16-9-6-5-7-10-16)20-19(22)15(2)21(26(4,23)24)17-11-8-12-18(13-17)25-3/h5-15H,1-4H3,(H,20,22)/t14-,15-/m0/s1. The summed E-state index contributed by atoms with van der Waals surface area (Å²) in [5.41, 5.74) is 1.32. The molecule has 0 aliphatic rings. The topological polar surface area (TPSA) is 75.7 Å². The Bertz CT molecular complexity index is 853. The number of carbonyl (C=O) groups excluding carboxylic acids is 1. The molecule has 0 saturated heterocycles. The largest absolute Gasteiger partial charge is 0.497 e. The second kappa shape index (κ2) is 8.23. The number of amides is 1. The molecule has 6 nitrogen and oxygen atoms in total. The smallest absolute Gasteiger partial charge is 0.244 e. The monoisotopic (exact) mass is 376 g/mol. The molecule has 2 atom stereocenters. The van der Waals surface area contributed by atoms with Gasteiger partial charge in [-0.25, -0.2) is 8.42 Å². The highest BCUT2D eigenvalue weighted by atomic mass is 32.2. The highest BCUT2D eigenvalue weighted by Gasteiger charge is 2.30. The Morgan fingerprint density at radius 3 is 2.31 bits per heavy atom. The van der Waals surface area contributed by atoms with Crippen LogP contribution < -0.4 is 14.4 Å². The SMILES string of the molecule is COc1cccc(N([C@@H](C)C(=O)N[C@@H](C)c2ccccc2)S(C)(=O)=O)c1. The molecule has 0 saturated carbocycles. The molecule has 26 heavy (non-hydrogen) atoms. The normalized spacial score (nSPS) is 13.5. The van der Waals surface area contributed by atoms with Gasteiger partial charge in [0.05, 0.1) is 25.1 Å². The molecular weight excluding hydrogens is 352 g/mol. The van der Waals surface area contributed by atoms with E-state index in [-0.39, 0.29) is 11.9 Å². The van der Waals surface area contributed by atoms with Gasteiger partial charge in [0.15, 0.2) is 0 Å². The first-order valence-electron chi connectivity index (χ1n) is 8.23. The van der Waals surface area contributed by atoms with Gasteiger partial charge in [0.1, 0.15) is 11.8 Å². The van der Waals surface area contributed by atoms with E-state index in [0.717, 1.165) is 16.1 Å². The van der Waals surface area contributed by atoms with Crippen molar-refractivity contribution in [2.24, 2.45) is 0 Å². The summed E-state index contributed by atoms with van der Waals surface area (Å²) in [5.74, 6) is 0.135. The Morgan fingerprint density at radius 1 is 1.08 bits per heavy atom. The maximum atomic E-state index is 12.7. The summed E-state index contributed by atoms with van der Waals surface area (Å²) in [6.45, 7) is 3.42. The van der Waals surface area contributed by atoms with E-state index in [4.69, 9.17) is 4.74 Å².